The summed E-state index contributed by atoms with van der Waals surface area (Å²) in [6, 6.07) is 7.67. The number of benzene rings is 1. The Morgan fingerprint density at radius 2 is 2.00 bits per heavy atom. The average Bonchev–Trinajstić information content (AvgIpc) is 2.90. The first-order valence-electron chi connectivity index (χ1n) is 7.01. The Morgan fingerprint density at radius 1 is 1.27 bits per heavy atom. The van der Waals surface area contributed by atoms with Gasteiger partial charge in [0.2, 0.25) is 5.95 Å². The molecule has 0 spiro atoms. The fourth-order valence-electron chi connectivity index (χ4n) is 2.06. The fraction of sp³-hybridized carbons (Fsp3) is 0.267. The van der Waals surface area contributed by atoms with Crippen molar-refractivity contribution in [2.24, 2.45) is 0 Å². The smallest absolute Gasteiger partial charge is 0.274 e. The number of rotatable bonds is 4. The zero-order chi connectivity index (χ0) is 15.7. The highest BCUT2D eigenvalue weighted by Crippen LogP contribution is 2.11. The van der Waals surface area contributed by atoms with Gasteiger partial charge in [-0.2, -0.15) is 9.50 Å². The number of aromatic amines is 1. The lowest BCUT2D eigenvalue weighted by atomic mass is 10.1. The summed E-state index contributed by atoms with van der Waals surface area (Å²) >= 11 is 0. The summed E-state index contributed by atoms with van der Waals surface area (Å²) < 4.78 is 14.1. The summed E-state index contributed by atoms with van der Waals surface area (Å²) in [4.78, 5) is 20.6. The maximum absolute atomic E-state index is 12.9. The van der Waals surface area contributed by atoms with Gasteiger partial charge in [-0.25, -0.2) is 9.37 Å². The van der Waals surface area contributed by atoms with E-state index in [1.165, 1.54) is 22.7 Å². The van der Waals surface area contributed by atoms with Crippen LogP contribution in [-0.4, -0.2) is 19.6 Å². The molecule has 0 saturated heterocycles. The molecule has 6 nitrogen and oxygen atoms in total. The minimum atomic E-state index is -0.274. The van der Waals surface area contributed by atoms with Gasteiger partial charge in [0.1, 0.15) is 5.82 Å². The van der Waals surface area contributed by atoms with Crippen molar-refractivity contribution in [1.29, 1.82) is 0 Å². The first-order valence-corrected chi connectivity index (χ1v) is 7.01. The van der Waals surface area contributed by atoms with Crippen molar-refractivity contribution in [3.8, 4) is 0 Å². The van der Waals surface area contributed by atoms with Crippen LogP contribution >= 0.6 is 0 Å². The number of hydrogen-bond acceptors (Lipinski definition) is 4. The van der Waals surface area contributed by atoms with Crippen molar-refractivity contribution >= 4 is 11.7 Å². The molecule has 0 unspecified atom stereocenters. The van der Waals surface area contributed by atoms with E-state index in [0.717, 1.165) is 5.56 Å². The third-order valence-corrected chi connectivity index (χ3v) is 3.32. The largest absolute Gasteiger partial charge is 0.351 e. The molecule has 0 aliphatic carbocycles. The zero-order valence-corrected chi connectivity index (χ0v) is 12.3. The highest BCUT2D eigenvalue weighted by Gasteiger charge is 2.09. The lowest BCUT2D eigenvalue weighted by Gasteiger charge is -2.02. The SMILES string of the molecule is CC(C)c1cc(=O)n2[nH]c(NCc3ccc(F)cc3)nc2n1. The number of anilines is 1. The highest BCUT2D eigenvalue weighted by molar-refractivity contribution is 5.38. The lowest BCUT2D eigenvalue weighted by molar-refractivity contribution is 0.627. The van der Waals surface area contributed by atoms with E-state index < -0.39 is 0 Å². The topological polar surface area (TPSA) is 75.1 Å². The molecule has 0 saturated carbocycles. The molecule has 2 aromatic heterocycles. The van der Waals surface area contributed by atoms with Gasteiger partial charge in [-0.3, -0.25) is 9.89 Å². The van der Waals surface area contributed by atoms with Gasteiger partial charge in [-0.1, -0.05) is 26.0 Å². The number of fused-ring (bicyclic) bond motifs is 1. The van der Waals surface area contributed by atoms with Crippen molar-refractivity contribution in [1.82, 2.24) is 19.6 Å². The third kappa shape index (κ3) is 2.83. The van der Waals surface area contributed by atoms with Crippen molar-refractivity contribution in [3.63, 3.8) is 0 Å². The maximum atomic E-state index is 12.9. The van der Waals surface area contributed by atoms with Crippen LogP contribution < -0.4 is 10.9 Å². The van der Waals surface area contributed by atoms with E-state index in [2.05, 4.69) is 20.4 Å². The van der Waals surface area contributed by atoms with Gasteiger partial charge in [0.15, 0.2) is 0 Å². The number of hydrogen-bond donors (Lipinski definition) is 2. The van der Waals surface area contributed by atoms with Crippen LogP contribution in [0.15, 0.2) is 35.1 Å². The van der Waals surface area contributed by atoms with E-state index in [4.69, 9.17) is 0 Å². The molecule has 2 heterocycles. The molecule has 2 N–H and O–H groups in total. The Hall–Kier alpha value is -2.70. The fourth-order valence-corrected chi connectivity index (χ4v) is 2.06. The Kier molecular flexibility index (Phi) is 3.62. The second-order valence-electron chi connectivity index (χ2n) is 5.36. The first kappa shape index (κ1) is 14.2. The number of halogens is 1. The molecule has 114 valence electrons. The van der Waals surface area contributed by atoms with E-state index in [-0.39, 0.29) is 17.3 Å². The van der Waals surface area contributed by atoms with Gasteiger partial charge in [0.05, 0.1) is 5.69 Å². The normalized spacial score (nSPS) is 11.3. The lowest BCUT2D eigenvalue weighted by Crippen LogP contribution is -2.16. The van der Waals surface area contributed by atoms with Crippen molar-refractivity contribution in [3.05, 3.63) is 57.8 Å². The monoisotopic (exact) mass is 301 g/mol. The van der Waals surface area contributed by atoms with Crippen LogP contribution in [0.25, 0.3) is 5.78 Å². The molecule has 0 atom stereocenters. The summed E-state index contributed by atoms with van der Waals surface area (Å²) in [5.74, 6) is 0.655. The van der Waals surface area contributed by atoms with Gasteiger partial charge in [-0.05, 0) is 23.6 Å². The Morgan fingerprint density at radius 3 is 2.68 bits per heavy atom. The van der Waals surface area contributed by atoms with Crippen LogP contribution in [0.1, 0.15) is 31.0 Å². The average molecular weight is 301 g/mol. The van der Waals surface area contributed by atoms with E-state index in [1.54, 1.807) is 12.1 Å². The molecule has 0 aliphatic rings. The zero-order valence-electron chi connectivity index (χ0n) is 12.3. The van der Waals surface area contributed by atoms with Gasteiger partial charge in [0.25, 0.3) is 11.3 Å². The molecular weight excluding hydrogens is 285 g/mol. The van der Waals surface area contributed by atoms with Crippen LogP contribution in [0, 0.1) is 5.82 Å². The van der Waals surface area contributed by atoms with Crippen LogP contribution in [0.3, 0.4) is 0 Å². The molecule has 3 aromatic rings. The van der Waals surface area contributed by atoms with Gasteiger partial charge in [-0.15, -0.1) is 0 Å². The van der Waals surface area contributed by atoms with E-state index in [1.807, 2.05) is 13.8 Å². The number of nitrogens with zero attached hydrogens (tertiary/aromatic N) is 3. The Labute approximate surface area is 126 Å². The highest BCUT2D eigenvalue weighted by atomic mass is 19.1. The van der Waals surface area contributed by atoms with E-state index >= 15 is 0 Å². The summed E-state index contributed by atoms with van der Waals surface area (Å²) in [5.41, 5.74) is 1.42. The predicted octanol–water partition coefficient (Wildman–Crippen LogP) is 2.29. The molecule has 22 heavy (non-hydrogen) atoms. The quantitative estimate of drug-likeness (QED) is 0.775. The predicted molar refractivity (Wildman–Crippen MR) is 81.4 cm³/mol. The van der Waals surface area contributed by atoms with Crippen LogP contribution in [0.5, 0.6) is 0 Å². The molecule has 7 heteroatoms. The molecule has 0 bridgehead atoms. The molecule has 0 radical (unpaired) electrons. The van der Waals surface area contributed by atoms with Gasteiger partial charge >= 0.3 is 0 Å². The summed E-state index contributed by atoms with van der Waals surface area (Å²) in [6.07, 6.45) is 0. The molecule has 0 fully saturated rings. The second-order valence-corrected chi connectivity index (χ2v) is 5.36. The number of H-pyrrole nitrogens is 1. The summed E-state index contributed by atoms with van der Waals surface area (Å²) in [7, 11) is 0. The van der Waals surface area contributed by atoms with Crippen molar-refractivity contribution < 1.29 is 4.39 Å². The Bertz CT molecular complexity index is 850. The van der Waals surface area contributed by atoms with E-state index in [9.17, 15) is 9.18 Å². The number of nitrogens with one attached hydrogen (secondary N) is 2. The molecular formula is C15H16FN5O. The van der Waals surface area contributed by atoms with Crippen LogP contribution in [0.4, 0.5) is 10.3 Å². The second kappa shape index (κ2) is 5.59. The van der Waals surface area contributed by atoms with Gasteiger partial charge < -0.3 is 5.32 Å². The molecule has 1 aromatic carbocycles. The van der Waals surface area contributed by atoms with Crippen molar-refractivity contribution in [2.75, 3.05) is 5.32 Å². The third-order valence-electron chi connectivity index (χ3n) is 3.32. The van der Waals surface area contributed by atoms with Crippen LogP contribution in [-0.2, 0) is 6.54 Å². The summed E-state index contributed by atoms with van der Waals surface area (Å²) in [6.45, 7) is 4.41. The van der Waals surface area contributed by atoms with E-state index in [0.29, 0.717) is 24.0 Å². The number of aromatic nitrogens is 4. The minimum Gasteiger partial charge on any atom is -0.351 e. The molecule has 0 amide bonds. The van der Waals surface area contributed by atoms with Gasteiger partial charge in [0, 0.05) is 12.6 Å². The minimum absolute atomic E-state index is 0.157. The molecule has 3 rings (SSSR count). The first-order chi connectivity index (χ1) is 10.5. The molecule has 0 aliphatic heterocycles. The summed E-state index contributed by atoms with van der Waals surface area (Å²) in [5, 5.41) is 5.91. The van der Waals surface area contributed by atoms with Crippen molar-refractivity contribution in [2.45, 2.75) is 26.3 Å². The Balaban J connectivity index is 1.84. The maximum Gasteiger partial charge on any atom is 0.274 e. The van der Waals surface area contributed by atoms with Crippen LogP contribution in [0.2, 0.25) is 0 Å². The standard InChI is InChI=1S/C15H16FN5O/c1-9(2)12-7-13(22)21-15(18-12)19-14(20-21)17-8-10-3-5-11(16)6-4-10/h3-7,9H,8H2,1-2H3,(H2,17,18,19,20).